The van der Waals surface area contributed by atoms with E-state index >= 15 is 0 Å². The van der Waals surface area contributed by atoms with Gasteiger partial charge in [0.2, 0.25) is 5.91 Å². The summed E-state index contributed by atoms with van der Waals surface area (Å²) < 4.78 is 9.84. The molecule has 0 bridgehead atoms. The molecular formula is C18H19NO4. The minimum absolute atomic E-state index is 0.164. The first-order chi connectivity index (χ1) is 11.0. The third kappa shape index (κ3) is 4.32. The Bertz CT molecular complexity index is 725. The second kappa shape index (κ2) is 7.45. The highest BCUT2D eigenvalue weighted by atomic mass is 16.5. The third-order valence-corrected chi connectivity index (χ3v) is 3.43. The van der Waals surface area contributed by atoms with Gasteiger partial charge in [0, 0.05) is 5.69 Å². The average Bonchev–Trinajstić information content (AvgIpc) is 2.56. The van der Waals surface area contributed by atoms with Crippen molar-refractivity contribution in [3.05, 3.63) is 59.2 Å². The molecule has 0 atom stereocenters. The zero-order valence-corrected chi connectivity index (χ0v) is 13.4. The molecule has 0 aromatic heterocycles. The summed E-state index contributed by atoms with van der Waals surface area (Å²) in [5.74, 6) is 0.107. The highest BCUT2D eigenvalue weighted by molar-refractivity contribution is 5.96. The molecule has 0 saturated heterocycles. The van der Waals surface area contributed by atoms with Crippen molar-refractivity contribution in [3.63, 3.8) is 0 Å². The summed E-state index contributed by atoms with van der Waals surface area (Å²) >= 11 is 0. The molecule has 2 aromatic rings. The Hall–Kier alpha value is -2.82. The molecule has 0 unspecified atom stereocenters. The molecule has 0 aliphatic carbocycles. The summed E-state index contributed by atoms with van der Waals surface area (Å²) in [6.07, 6.45) is 0.221. The predicted molar refractivity (Wildman–Crippen MR) is 87.8 cm³/mol. The van der Waals surface area contributed by atoms with Gasteiger partial charge in [-0.2, -0.15) is 0 Å². The number of esters is 1. The minimum Gasteiger partial charge on any atom is -0.497 e. The molecule has 120 valence electrons. The van der Waals surface area contributed by atoms with Crippen molar-refractivity contribution in [2.45, 2.75) is 13.3 Å². The number of nitrogens with one attached hydrogen (secondary N) is 1. The van der Waals surface area contributed by atoms with E-state index in [1.807, 2.05) is 31.2 Å². The van der Waals surface area contributed by atoms with Crippen molar-refractivity contribution in [2.24, 2.45) is 0 Å². The molecular weight excluding hydrogens is 294 g/mol. The van der Waals surface area contributed by atoms with Crippen molar-refractivity contribution in [3.8, 4) is 5.75 Å². The fourth-order valence-electron chi connectivity index (χ4n) is 2.16. The molecule has 5 nitrogen and oxygen atoms in total. The molecule has 0 aliphatic rings. The van der Waals surface area contributed by atoms with Gasteiger partial charge in [0.25, 0.3) is 0 Å². The van der Waals surface area contributed by atoms with E-state index in [2.05, 4.69) is 5.32 Å². The molecule has 2 rings (SSSR count). The lowest BCUT2D eigenvalue weighted by atomic mass is 10.1. The minimum atomic E-state index is -0.437. The van der Waals surface area contributed by atoms with Crippen LogP contribution < -0.4 is 10.1 Å². The lowest BCUT2D eigenvalue weighted by Gasteiger charge is -2.10. The highest BCUT2D eigenvalue weighted by Crippen LogP contribution is 2.19. The van der Waals surface area contributed by atoms with E-state index in [0.29, 0.717) is 17.0 Å². The lowest BCUT2D eigenvalue weighted by molar-refractivity contribution is -0.115. The third-order valence-electron chi connectivity index (χ3n) is 3.43. The molecule has 0 heterocycles. The normalized spacial score (nSPS) is 10.0. The summed E-state index contributed by atoms with van der Waals surface area (Å²) in [5, 5.41) is 2.83. The first-order valence-corrected chi connectivity index (χ1v) is 7.15. The van der Waals surface area contributed by atoms with Gasteiger partial charge in [0.1, 0.15) is 5.75 Å². The van der Waals surface area contributed by atoms with Crippen molar-refractivity contribution in [2.75, 3.05) is 19.5 Å². The van der Waals surface area contributed by atoms with E-state index in [1.54, 1.807) is 25.3 Å². The molecule has 0 aliphatic heterocycles. The first-order valence-electron chi connectivity index (χ1n) is 7.15. The number of aryl methyl sites for hydroxylation is 1. The standard InChI is InChI=1S/C18H19NO4/c1-12-7-8-14(18(21)23-3)11-16(12)19-17(20)10-13-5-4-6-15(9-13)22-2/h4-9,11H,10H2,1-3H3,(H,19,20). The smallest absolute Gasteiger partial charge is 0.337 e. The number of ether oxygens (including phenoxy) is 2. The van der Waals surface area contributed by atoms with Gasteiger partial charge >= 0.3 is 5.97 Å². The van der Waals surface area contributed by atoms with Crippen LogP contribution in [0.3, 0.4) is 0 Å². The van der Waals surface area contributed by atoms with Crippen LogP contribution >= 0.6 is 0 Å². The Kier molecular flexibility index (Phi) is 5.36. The number of hydrogen-bond donors (Lipinski definition) is 1. The summed E-state index contributed by atoms with van der Waals surface area (Å²) in [5.41, 5.74) is 2.72. The molecule has 5 heteroatoms. The van der Waals surface area contributed by atoms with Crippen LogP contribution in [0.25, 0.3) is 0 Å². The SMILES string of the molecule is COC(=O)c1ccc(C)c(NC(=O)Cc2cccc(OC)c2)c1. The Labute approximate surface area is 135 Å². The molecule has 0 saturated carbocycles. The Balaban J connectivity index is 2.11. The van der Waals surface area contributed by atoms with Crippen LogP contribution in [0, 0.1) is 6.92 Å². The molecule has 2 aromatic carbocycles. The Morgan fingerprint density at radius 3 is 2.57 bits per heavy atom. The fourth-order valence-corrected chi connectivity index (χ4v) is 2.16. The van der Waals surface area contributed by atoms with Crippen LogP contribution in [-0.4, -0.2) is 26.1 Å². The van der Waals surface area contributed by atoms with E-state index in [9.17, 15) is 9.59 Å². The molecule has 0 radical (unpaired) electrons. The first kappa shape index (κ1) is 16.5. The van der Waals surface area contributed by atoms with Crippen molar-refractivity contribution in [1.82, 2.24) is 0 Å². The largest absolute Gasteiger partial charge is 0.497 e. The van der Waals surface area contributed by atoms with Gasteiger partial charge in [0.05, 0.1) is 26.2 Å². The van der Waals surface area contributed by atoms with Crippen LogP contribution in [0.15, 0.2) is 42.5 Å². The van der Waals surface area contributed by atoms with Crippen molar-refractivity contribution in [1.29, 1.82) is 0 Å². The topological polar surface area (TPSA) is 64.6 Å². The molecule has 1 N–H and O–H groups in total. The van der Waals surface area contributed by atoms with Gasteiger partial charge in [-0.3, -0.25) is 4.79 Å². The quantitative estimate of drug-likeness (QED) is 0.862. The second-order valence-corrected chi connectivity index (χ2v) is 5.10. The Morgan fingerprint density at radius 1 is 1.09 bits per heavy atom. The van der Waals surface area contributed by atoms with Crippen LogP contribution in [0.5, 0.6) is 5.75 Å². The van der Waals surface area contributed by atoms with E-state index in [1.165, 1.54) is 7.11 Å². The maximum Gasteiger partial charge on any atom is 0.337 e. The molecule has 0 fully saturated rings. The van der Waals surface area contributed by atoms with E-state index < -0.39 is 5.97 Å². The van der Waals surface area contributed by atoms with Gasteiger partial charge in [-0.05, 0) is 42.3 Å². The lowest BCUT2D eigenvalue weighted by Crippen LogP contribution is -2.16. The zero-order chi connectivity index (χ0) is 16.8. The van der Waals surface area contributed by atoms with E-state index in [-0.39, 0.29) is 12.3 Å². The maximum atomic E-state index is 12.2. The maximum absolute atomic E-state index is 12.2. The summed E-state index contributed by atoms with van der Waals surface area (Å²) in [4.78, 5) is 23.8. The van der Waals surface area contributed by atoms with Gasteiger partial charge in [0.15, 0.2) is 0 Å². The van der Waals surface area contributed by atoms with Gasteiger partial charge in [-0.15, -0.1) is 0 Å². The van der Waals surface area contributed by atoms with Gasteiger partial charge < -0.3 is 14.8 Å². The number of benzene rings is 2. The van der Waals surface area contributed by atoms with Crippen LogP contribution in [0.4, 0.5) is 5.69 Å². The molecule has 1 amide bonds. The number of rotatable bonds is 5. The summed E-state index contributed by atoms with van der Waals surface area (Å²) in [6, 6.07) is 12.4. The highest BCUT2D eigenvalue weighted by Gasteiger charge is 2.11. The monoisotopic (exact) mass is 313 g/mol. The Morgan fingerprint density at radius 2 is 1.87 bits per heavy atom. The van der Waals surface area contributed by atoms with Gasteiger partial charge in [-0.1, -0.05) is 18.2 Å². The van der Waals surface area contributed by atoms with Crippen LogP contribution in [0.1, 0.15) is 21.5 Å². The fraction of sp³-hybridized carbons (Fsp3) is 0.222. The summed E-state index contributed by atoms with van der Waals surface area (Å²) in [6.45, 7) is 1.86. The summed E-state index contributed by atoms with van der Waals surface area (Å²) in [7, 11) is 2.91. The van der Waals surface area contributed by atoms with Crippen molar-refractivity contribution < 1.29 is 19.1 Å². The number of methoxy groups -OCH3 is 2. The molecule has 23 heavy (non-hydrogen) atoms. The van der Waals surface area contributed by atoms with Crippen LogP contribution in [0.2, 0.25) is 0 Å². The number of carbonyl (C=O) groups excluding carboxylic acids is 2. The number of carbonyl (C=O) groups is 2. The molecule has 0 spiro atoms. The predicted octanol–water partition coefficient (Wildman–Crippen LogP) is 2.97. The second-order valence-electron chi connectivity index (χ2n) is 5.10. The number of amides is 1. The van der Waals surface area contributed by atoms with Crippen molar-refractivity contribution >= 4 is 17.6 Å². The number of hydrogen-bond acceptors (Lipinski definition) is 4. The van der Waals surface area contributed by atoms with E-state index in [4.69, 9.17) is 9.47 Å². The van der Waals surface area contributed by atoms with Gasteiger partial charge in [-0.25, -0.2) is 4.79 Å². The zero-order valence-electron chi connectivity index (χ0n) is 13.4. The van der Waals surface area contributed by atoms with E-state index in [0.717, 1.165) is 11.1 Å². The van der Waals surface area contributed by atoms with Crippen LogP contribution in [-0.2, 0) is 16.0 Å². The average molecular weight is 313 g/mol. The number of anilines is 1.